The van der Waals surface area contributed by atoms with Crippen LogP contribution in [0.25, 0.3) is 0 Å². The number of aromatic nitrogens is 3. The van der Waals surface area contributed by atoms with E-state index < -0.39 is 17.2 Å². The molecule has 3 aromatic rings. The van der Waals surface area contributed by atoms with Gasteiger partial charge in [0.1, 0.15) is 18.0 Å². The van der Waals surface area contributed by atoms with E-state index in [2.05, 4.69) is 10.1 Å². The third-order valence-electron chi connectivity index (χ3n) is 4.44. The Labute approximate surface area is 158 Å². The first-order valence-electron chi connectivity index (χ1n) is 7.85. The van der Waals surface area contributed by atoms with Gasteiger partial charge in [-0.25, -0.2) is 18.4 Å². The van der Waals surface area contributed by atoms with Crippen molar-refractivity contribution in [2.75, 3.05) is 6.26 Å². The molecule has 0 radical (unpaired) electrons. The summed E-state index contributed by atoms with van der Waals surface area (Å²) in [6, 6.07) is 11.1. The maximum absolute atomic E-state index is 13.9. The van der Waals surface area contributed by atoms with Gasteiger partial charge in [-0.2, -0.15) is 5.10 Å². The Morgan fingerprint density at radius 2 is 2.04 bits per heavy atom. The molecule has 0 amide bonds. The third kappa shape index (κ3) is 2.90. The number of benzene rings is 2. The molecule has 4 nitrogen and oxygen atoms in total. The van der Waals surface area contributed by atoms with Gasteiger partial charge in [-0.15, -0.1) is 0 Å². The molecule has 0 spiro atoms. The van der Waals surface area contributed by atoms with Crippen molar-refractivity contribution in [2.45, 2.75) is 23.4 Å². The van der Waals surface area contributed by atoms with Crippen LogP contribution in [-0.2, 0) is 16.9 Å². The van der Waals surface area contributed by atoms with Gasteiger partial charge in [0.2, 0.25) is 0 Å². The van der Waals surface area contributed by atoms with Gasteiger partial charge in [0, 0.05) is 10.6 Å². The summed E-state index contributed by atoms with van der Waals surface area (Å²) < 4.78 is 35.0. The molecule has 2 atom stereocenters. The quantitative estimate of drug-likeness (QED) is 0.469. The number of nitrogens with zero attached hydrogens (tertiary/aromatic N) is 3. The molecule has 26 heavy (non-hydrogen) atoms. The predicted octanol–water partition coefficient (Wildman–Crippen LogP) is 4.60. The van der Waals surface area contributed by atoms with Gasteiger partial charge in [-0.3, -0.25) is 0 Å². The molecule has 0 N–H and O–H groups in total. The van der Waals surface area contributed by atoms with Crippen LogP contribution in [-0.4, -0.2) is 21.0 Å². The van der Waals surface area contributed by atoms with Crippen molar-refractivity contribution in [1.29, 1.82) is 0 Å². The van der Waals surface area contributed by atoms with Crippen LogP contribution in [0.4, 0.5) is 8.78 Å². The van der Waals surface area contributed by atoms with Crippen molar-refractivity contribution < 1.29 is 13.5 Å². The summed E-state index contributed by atoms with van der Waals surface area (Å²) in [4.78, 5) is 4.19. The third-order valence-corrected chi connectivity index (χ3v) is 5.46. The molecular formula is C18H14ClF2N3OS. The molecule has 0 unspecified atom stereocenters. The molecular weight excluding hydrogens is 380 g/mol. The van der Waals surface area contributed by atoms with Gasteiger partial charge in [-0.1, -0.05) is 47.6 Å². The van der Waals surface area contributed by atoms with Crippen LogP contribution in [0.2, 0.25) is 5.02 Å². The van der Waals surface area contributed by atoms with Crippen molar-refractivity contribution in [3.63, 3.8) is 0 Å². The average Bonchev–Trinajstić information content (AvgIpc) is 3.17. The monoisotopic (exact) mass is 393 g/mol. The minimum Gasteiger partial charge on any atom is -0.354 e. The molecule has 1 aromatic heterocycles. The molecule has 1 aliphatic rings. The largest absolute Gasteiger partial charge is 0.354 e. The zero-order valence-electron chi connectivity index (χ0n) is 13.7. The van der Waals surface area contributed by atoms with Crippen LogP contribution < -0.4 is 0 Å². The standard InChI is InChI=1S/C18H14ClF2N3OS/c1-26-17-22-10-23-24(17)9-18(11-6-7-14(20)15(21)8-11)16(25-18)12-4-2-3-5-13(12)19/h2-8,10,16H,9H2,1H3/t16-,18-/m1/s1. The summed E-state index contributed by atoms with van der Waals surface area (Å²) in [5, 5.41) is 5.50. The van der Waals surface area contributed by atoms with E-state index in [9.17, 15) is 8.78 Å². The molecule has 1 fully saturated rings. The number of epoxide rings is 1. The van der Waals surface area contributed by atoms with Crippen molar-refractivity contribution in [1.82, 2.24) is 14.8 Å². The fourth-order valence-corrected chi connectivity index (χ4v) is 3.82. The molecule has 0 aliphatic carbocycles. The van der Waals surface area contributed by atoms with Crippen LogP contribution in [0.15, 0.2) is 53.9 Å². The summed E-state index contributed by atoms with van der Waals surface area (Å²) in [5.41, 5.74) is 0.436. The second kappa shape index (κ2) is 6.64. The summed E-state index contributed by atoms with van der Waals surface area (Å²) >= 11 is 7.76. The van der Waals surface area contributed by atoms with Crippen molar-refractivity contribution in [3.05, 3.63) is 76.6 Å². The summed E-state index contributed by atoms with van der Waals surface area (Å²) in [7, 11) is 0. The smallest absolute Gasteiger partial charge is 0.185 e. The van der Waals surface area contributed by atoms with E-state index in [0.717, 1.165) is 11.6 Å². The summed E-state index contributed by atoms with van der Waals surface area (Å²) in [6.45, 7) is 0.310. The Balaban J connectivity index is 1.78. The fourth-order valence-electron chi connectivity index (χ4n) is 3.11. The SMILES string of the molecule is CSc1ncnn1C[C@]1(c2ccc(F)c(F)c2)O[C@@H]1c1ccccc1Cl. The van der Waals surface area contributed by atoms with Crippen molar-refractivity contribution in [3.8, 4) is 0 Å². The Morgan fingerprint density at radius 3 is 2.77 bits per heavy atom. The van der Waals surface area contributed by atoms with E-state index in [-0.39, 0.29) is 6.10 Å². The van der Waals surface area contributed by atoms with E-state index in [4.69, 9.17) is 16.3 Å². The van der Waals surface area contributed by atoms with Crippen molar-refractivity contribution >= 4 is 23.4 Å². The second-order valence-corrected chi connectivity index (χ2v) is 7.12. The topological polar surface area (TPSA) is 43.2 Å². The van der Waals surface area contributed by atoms with E-state index in [0.29, 0.717) is 22.3 Å². The summed E-state index contributed by atoms with van der Waals surface area (Å²) in [5.74, 6) is -1.82. The number of hydrogen-bond donors (Lipinski definition) is 0. The lowest BCUT2D eigenvalue weighted by Gasteiger charge is -2.16. The average molecular weight is 394 g/mol. The normalized spacial score (nSPS) is 21.8. The van der Waals surface area contributed by atoms with E-state index >= 15 is 0 Å². The van der Waals surface area contributed by atoms with E-state index in [1.807, 2.05) is 24.5 Å². The number of rotatable bonds is 5. The van der Waals surface area contributed by atoms with E-state index in [1.54, 1.807) is 10.7 Å². The highest BCUT2D eigenvalue weighted by Gasteiger charge is 2.60. The molecule has 1 aliphatic heterocycles. The molecule has 1 saturated heterocycles. The summed E-state index contributed by atoms with van der Waals surface area (Å²) in [6.07, 6.45) is 2.96. The maximum atomic E-state index is 13.9. The molecule has 0 bridgehead atoms. The Bertz CT molecular complexity index is 967. The highest BCUT2D eigenvalue weighted by molar-refractivity contribution is 7.98. The first-order valence-corrected chi connectivity index (χ1v) is 9.45. The van der Waals surface area contributed by atoms with Gasteiger partial charge >= 0.3 is 0 Å². The molecule has 2 heterocycles. The van der Waals surface area contributed by atoms with Gasteiger partial charge in [0.15, 0.2) is 16.8 Å². The lowest BCUT2D eigenvalue weighted by atomic mass is 9.91. The van der Waals surface area contributed by atoms with Crippen LogP contribution in [0.1, 0.15) is 17.2 Å². The first-order chi connectivity index (χ1) is 12.5. The molecule has 134 valence electrons. The van der Waals surface area contributed by atoms with E-state index in [1.165, 1.54) is 30.2 Å². The second-order valence-electron chi connectivity index (χ2n) is 5.94. The number of halogens is 3. The maximum Gasteiger partial charge on any atom is 0.185 e. The minimum atomic E-state index is -0.918. The number of ether oxygens (including phenoxy) is 1. The Hall–Kier alpha value is -1.96. The van der Waals surface area contributed by atoms with Gasteiger partial charge in [0.05, 0.1) is 6.54 Å². The van der Waals surface area contributed by atoms with Crippen LogP contribution in [0.5, 0.6) is 0 Å². The highest BCUT2D eigenvalue weighted by atomic mass is 35.5. The number of hydrogen-bond acceptors (Lipinski definition) is 4. The Kier molecular flexibility index (Phi) is 4.46. The molecule has 8 heteroatoms. The zero-order valence-corrected chi connectivity index (χ0v) is 15.3. The van der Waals surface area contributed by atoms with Crippen molar-refractivity contribution in [2.24, 2.45) is 0 Å². The molecule has 4 rings (SSSR count). The lowest BCUT2D eigenvalue weighted by molar-refractivity contribution is 0.255. The van der Waals surface area contributed by atoms with Gasteiger partial charge < -0.3 is 4.74 Å². The Morgan fingerprint density at radius 1 is 1.23 bits per heavy atom. The fraction of sp³-hybridized carbons (Fsp3) is 0.222. The van der Waals surface area contributed by atoms with Crippen LogP contribution >= 0.6 is 23.4 Å². The lowest BCUT2D eigenvalue weighted by Crippen LogP contribution is -2.21. The van der Waals surface area contributed by atoms with Gasteiger partial charge in [-0.05, 0) is 30.0 Å². The predicted molar refractivity (Wildman–Crippen MR) is 95.1 cm³/mol. The van der Waals surface area contributed by atoms with Crippen LogP contribution in [0.3, 0.4) is 0 Å². The van der Waals surface area contributed by atoms with Gasteiger partial charge in [0.25, 0.3) is 0 Å². The molecule has 2 aromatic carbocycles. The molecule has 0 saturated carbocycles. The highest BCUT2D eigenvalue weighted by Crippen LogP contribution is 2.59. The minimum absolute atomic E-state index is 0.310. The van der Waals surface area contributed by atoms with Crippen LogP contribution in [0, 0.1) is 11.6 Å². The first kappa shape index (κ1) is 17.5. The zero-order chi connectivity index (χ0) is 18.3. The number of thioether (sulfide) groups is 1.